The lowest BCUT2D eigenvalue weighted by Crippen LogP contribution is -2.13. The summed E-state index contributed by atoms with van der Waals surface area (Å²) in [7, 11) is 0. The predicted molar refractivity (Wildman–Crippen MR) is 90.4 cm³/mol. The van der Waals surface area contributed by atoms with E-state index in [0.29, 0.717) is 11.3 Å². The maximum atomic E-state index is 12.2. The summed E-state index contributed by atoms with van der Waals surface area (Å²) in [6.07, 6.45) is 0. The lowest BCUT2D eigenvalue weighted by molar-refractivity contribution is 0.102. The van der Waals surface area contributed by atoms with E-state index in [1.165, 1.54) is 0 Å². The zero-order valence-electron chi connectivity index (χ0n) is 10.2. The molecule has 0 saturated carbocycles. The summed E-state index contributed by atoms with van der Waals surface area (Å²) >= 11 is 5.60. The normalized spacial score (nSPS) is 10.3. The second kappa shape index (κ2) is 5.92. The largest absolute Gasteiger partial charge is 0.399 e. The first-order chi connectivity index (χ1) is 8.97. The lowest BCUT2D eigenvalue weighted by atomic mass is 10.1. The summed E-state index contributed by atoms with van der Waals surface area (Å²) in [6.45, 7) is 1.96. The Morgan fingerprint density at radius 2 is 2.00 bits per heavy atom. The van der Waals surface area contributed by atoms with Gasteiger partial charge in [0.1, 0.15) is 0 Å². The molecule has 0 heterocycles. The average molecular weight is 431 g/mol. The van der Waals surface area contributed by atoms with Gasteiger partial charge in [-0.15, -0.1) is 0 Å². The molecule has 0 aromatic heterocycles. The van der Waals surface area contributed by atoms with Crippen LogP contribution >= 0.6 is 38.5 Å². The SMILES string of the molecule is Cc1cc(I)ccc1NC(=O)c1cc(N)ccc1Br. The first kappa shape index (κ1) is 14.3. The van der Waals surface area contributed by atoms with Crippen LogP contribution in [-0.4, -0.2) is 5.91 Å². The summed E-state index contributed by atoms with van der Waals surface area (Å²) in [6, 6.07) is 11.0. The van der Waals surface area contributed by atoms with E-state index in [2.05, 4.69) is 43.8 Å². The van der Waals surface area contributed by atoms with E-state index < -0.39 is 0 Å². The Hall–Kier alpha value is -1.08. The van der Waals surface area contributed by atoms with Crippen molar-refractivity contribution in [2.45, 2.75) is 6.92 Å². The van der Waals surface area contributed by atoms with Gasteiger partial charge in [-0.2, -0.15) is 0 Å². The van der Waals surface area contributed by atoms with E-state index in [4.69, 9.17) is 5.73 Å². The molecule has 0 fully saturated rings. The molecule has 0 atom stereocenters. The molecule has 3 N–H and O–H groups in total. The van der Waals surface area contributed by atoms with Gasteiger partial charge >= 0.3 is 0 Å². The molecule has 0 radical (unpaired) electrons. The highest BCUT2D eigenvalue weighted by Gasteiger charge is 2.11. The van der Waals surface area contributed by atoms with Crippen molar-refractivity contribution in [2.24, 2.45) is 0 Å². The summed E-state index contributed by atoms with van der Waals surface area (Å²) in [4.78, 5) is 12.2. The van der Waals surface area contributed by atoms with Gasteiger partial charge in [0.05, 0.1) is 5.56 Å². The van der Waals surface area contributed by atoms with Gasteiger partial charge in [0, 0.05) is 19.4 Å². The van der Waals surface area contributed by atoms with Gasteiger partial charge < -0.3 is 11.1 Å². The van der Waals surface area contributed by atoms with Crippen LogP contribution in [0.3, 0.4) is 0 Å². The van der Waals surface area contributed by atoms with E-state index >= 15 is 0 Å². The molecule has 2 aromatic carbocycles. The molecule has 0 aliphatic rings. The van der Waals surface area contributed by atoms with Crippen molar-refractivity contribution in [1.29, 1.82) is 0 Å². The van der Waals surface area contributed by atoms with Crippen molar-refractivity contribution in [3.8, 4) is 0 Å². The second-order valence-corrected chi connectivity index (χ2v) is 6.25. The van der Waals surface area contributed by atoms with Gasteiger partial charge in [-0.1, -0.05) is 0 Å². The average Bonchev–Trinajstić information content (AvgIpc) is 2.35. The fourth-order valence-corrected chi connectivity index (χ4v) is 2.75. The molecule has 19 heavy (non-hydrogen) atoms. The Morgan fingerprint density at radius 3 is 2.68 bits per heavy atom. The molecule has 0 unspecified atom stereocenters. The highest BCUT2D eigenvalue weighted by molar-refractivity contribution is 14.1. The third-order valence-corrected chi connectivity index (χ3v) is 4.03. The van der Waals surface area contributed by atoms with Crippen LogP contribution in [0.1, 0.15) is 15.9 Å². The van der Waals surface area contributed by atoms with E-state index in [0.717, 1.165) is 19.3 Å². The number of nitrogens with one attached hydrogen (secondary N) is 1. The molecule has 0 aliphatic carbocycles. The summed E-state index contributed by atoms with van der Waals surface area (Å²) < 4.78 is 1.86. The van der Waals surface area contributed by atoms with E-state index in [-0.39, 0.29) is 5.91 Å². The minimum absolute atomic E-state index is 0.177. The first-order valence-electron chi connectivity index (χ1n) is 5.60. The van der Waals surface area contributed by atoms with Crippen LogP contribution in [0.5, 0.6) is 0 Å². The highest BCUT2D eigenvalue weighted by atomic mass is 127. The van der Waals surface area contributed by atoms with Gasteiger partial charge in [0.15, 0.2) is 0 Å². The van der Waals surface area contributed by atoms with E-state index in [1.54, 1.807) is 18.2 Å². The second-order valence-electron chi connectivity index (χ2n) is 4.15. The maximum absolute atomic E-state index is 12.2. The molecule has 2 rings (SSSR count). The fraction of sp³-hybridized carbons (Fsp3) is 0.0714. The van der Waals surface area contributed by atoms with Crippen LogP contribution in [0.25, 0.3) is 0 Å². The summed E-state index contributed by atoms with van der Waals surface area (Å²) in [5.74, 6) is -0.177. The number of hydrogen-bond donors (Lipinski definition) is 2. The summed E-state index contributed by atoms with van der Waals surface area (Å²) in [5.41, 5.74) is 8.63. The number of nitrogen functional groups attached to an aromatic ring is 1. The fourth-order valence-electron chi connectivity index (χ4n) is 1.67. The minimum Gasteiger partial charge on any atom is -0.399 e. The Balaban J connectivity index is 2.28. The van der Waals surface area contributed by atoms with Crippen molar-refractivity contribution in [1.82, 2.24) is 0 Å². The van der Waals surface area contributed by atoms with Crippen LogP contribution in [-0.2, 0) is 0 Å². The third-order valence-electron chi connectivity index (χ3n) is 2.67. The molecule has 0 saturated heterocycles. The first-order valence-corrected chi connectivity index (χ1v) is 7.47. The van der Waals surface area contributed by atoms with E-state index in [9.17, 15) is 4.79 Å². The molecular formula is C14H12BrIN2O. The number of carbonyl (C=O) groups excluding carboxylic acids is 1. The smallest absolute Gasteiger partial charge is 0.256 e. The van der Waals surface area contributed by atoms with Gasteiger partial charge in [-0.25, -0.2) is 0 Å². The lowest BCUT2D eigenvalue weighted by Gasteiger charge is -2.10. The number of rotatable bonds is 2. The standard InChI is InChI=1S/C14H12BrIN2O/c1-8-6-9(16)2-5-13(8)18-14(19)11-7-10(17)3-4-12(11)15/h2-7H,17H2,1H3,(H,18,19). The van der Waals surface area contributed by atoms with Gasteiger partial charge in [0.2, 0.25) is 0 Å². The van der Waals surface area contributed by atoms with Crippen molar-refractivity contribution >= 4 is 55.8 Å². The molecule has 0 bridgehead atoms. The van der Waals surface area contributed by atoms with Crippen molar-refractivity contribution in [2.75, 3.05) is 11.1 Å². The third kappa shape index (κ3) is 3.48. The number of halogens is 2. The Labute approximate surface area is 133 Å². The highest BCUT2D eigenvalue weighted by Crippen LogP contribution is 2.23. The predicted octanol–water partition coefficient (Wildman–Crippen LogP) is 4.20. The number of aryl methyl sites for hydroxylation is 1. The number of nitrogens with two attached hydrogens (primary N) is 1. The number of hydrogen-bond acceptors (Lipinski definition) is 2. The molecule has 98 valence electrons. The summed E-state index contributed by atoms with van der Waals surface area (Å²) in [5, 5.41) is 2.89. The molecular weight excluding hydrogens is 419 g/mol. The molecule has 0 spiro atoms. The van der Waals surface area contributed by atoms with E-state index in [1.807, 2.05) is 25.1 Å². The van der Waals surface area contributed by atoms with Crippen molar-refractivity contribution in [3.05, 3.63) is 55.6 Å². The monoisotopic (exact) mass is 430 g/mol. The maximum Gasteiger partial charge on any atom is 0.256 e. The quantitative estimate of drug-likeness (QED) is 0.554. The van der Waals surface area contributed by atoms with Gasteiger partial charge in [-0.3, -0.25) is 4.79 Å². The number of anilines is 2. The Bertz CT molecular complexity index is 643. The Morgan fingerprint density at radius 1 is 1.26 bits per heavy atom. The van der Waals surface area contributed by atoms with Crippen molar-refractivity contribution < 1.29 is 4.79 Å². The van der Waals surface area contributed by atoms with Crippen LogP contribution in [0.15, 0.2) is 40.9 Å². The Kier molecular flexibility index (Phi) is 4.46. The zero-order valence-corrected chi connectivity index (χ0v) is 13.9. The zero-order chi connectivity index (χ0) is 14.0. The van der Waals surface area contributed by atoms with Gasteiger partial charge in [0.25, 0.3) is 5.91 Å². The van der Waals surface area contributed by atoms with Crippen LogP contribution in [0.4, 0.5) is 11.4 Å². The molecule has 2 aromatic rings. The van der Waals surface area contributed by atoms with Crippen molar-refractivity contribution in [3.63, 3.8) is 0 Å². The molecule has 3 nitrogen and oxygen atoms in total. The topological polar surface area (TPSA) is 55.1 Å². The van der Waals surface area contributed by atoms with Crippen LogP contribution in [0.2, 0.25) is 0 Å². The van der Waals surface area contributed by atoms with Crippen LogP contribution in [0, 0.1) is 10.5 Å². The molecule has 0 aliphatic heterocycles. The molecule has 1 amide bonds. The molecule has 5 heteroatoms. The van der Waals surface area contributed by atoms with Gasteiger partial charge in [-0.05, 0) is 87.4 Å². The number of carbonyl (C=O) groups is 1. The number of amides is 1. The van der Waals surface area contributed by atoms with Crippen LogP contribution < -0.4 is 11.1 Å². The minimum atomic E-state index is -0.177. The number of benzene rings is 2.